The molecule has 20 heavy (non-hydrogen) atoms. The van der Waals surface area contributed by atoms with Crippen LogP contribution >= 0.6 is 27.7 Å². The Hall–Kier alpha value is -1.93. The van der Waals surface area contributed by atoms with E-state index in [1.54, 1.807) is 18.3 Å². The Morgan fingerprint density at radius 1 is 1.40 bits per heavy atom. The van der Waals surface area contributed by atoms with Crippen LogP contribution in [0.25, 0.3) is 0 Å². The van der Waals surface area contributed by atoms with Crippen LogP contribution in [0.3, 0.4) is 0 Å². The van der Waals surface area contributed by atoms with Crippen LogP contribution in [0.4, 0.5) is 5.69 Å². The second kappa shape index (κ2) is 6.02. The van der Waals surface area contributed by atoms with E-state index in [1.807, 2.05) is 0 Å². The maximum Gasteiger partial charge on any atom is 0.335 e. The number of rotatable bonds is 4. The van der Waals surface area contributed by atoms with Crippen molar-refractivity contribution in [1.82, 2.24) is 4.98 Å². The first kappa shape index (κ1) is 14.5. The van der Waals surface area contributed by atoms with Crippen LogP contribution in [0.2, 0.25) is 0 Å². The van der Waals surface area contributed by atoms with Crippen molar-refractivity contribution in [3.05, 3.63) is 56.7 Å². The fraction of sp³-hybridized carbons (Fsp3) is 0. The predicted molar refractivity (Wildman–Crippen MR) is 76.1 cm³/mol. The molecule has 0 bridgehead atoms. The van der Waals surface area contributed by atoms with E-state index in [1.165, 1.54) is 12.1 Å². The van der Waals surface area contributed by atoms with Crippen molar-refractivity contribution in [3.8, 4) is 0 Å². The molecule has 0 radical (unpaired) electrons. The largest absolute Gasteiger partial charge is 0.478 e. The topological polar surface area (TPSA) is 93.3 Å². The van der Waals surface area contributed by atoms with Crippen molar-refractivity contribution in [2.75, 3.05) is 0 Å². The van der Waals surface area contributed by atoms with Gasteiger partial charge in [0.2, 0.25) is 0 Å². The summed E-state index contributed by atoms with van der Waals surface area (Å²) in [7, 11) is 0. The Kier molecular flexibility index (Phi) is 4.35. The third kappa shape index (κ3) is 3.14. The van der Waals surface area contributed by atoms with Crippen LogP contribution in [-0.4, -0.2) is 21.0 Å². The predicted octanol–water partition coefficient (Wildman–Crippen LogP) is 3.60. The van der Waals surface area contributed by atoms with Crippen LogP contribution in [0.15, 0.2) is 50.9 Å². The molecule has 1 heterocycles. The number of nitrogens with zero attached hydrogens (tertiary/aromatic N) is 2. The molecule has 6 nitrogen and oxygen atoms in total. The minimum Gasteiger partial charge on any atom is -0.478 e. The van der Waals surface area contributed by atoms with E-state index in [9.17, 15) is 14.9 Å². The monoisotopic (exact) mass is 354 g/mol. The van der Waals surface area contributed by atoms with E-state index in [-0.39, 0.29) is 11.3 Å². The molecule has 0 saturated carbocycles. The van der Waals surface area contributed by atoms with Gasteiger partial charge in [0, 0.05) is 12.3 Å². The van der Waals surface area contributed by atoms with Crippen molar-refractivity contribution in [1.29, 1.82) is 0 Å². The number of carboxylic acid groups (broad SMARTS) is 1. The van der Waals surface area contributed by atoms with Gasteiger partial charge >= 0.3 is 5.97 Å². The van der Waals surface area contributed by atoms with Crippen LogP contribution in [-0.2, 0) is 0 Å². The summed E-state index contributed by atoms with van der Waals surface area (Å²) < 4.78 is 0.710. The fourth-order valence-corrected chi connectivity index (χ4v) is 2.79. The van der Waals surface area contributed by atoms with Crippen LogP contribution in [0, 0.1) is 10.1 Å². The first-order valence-electron chi connectivity index (χ1n) is 5.29. The molecule has 1 aromatic heterocycles. The lowest BCUT2D eigenvalue weighted by molar-refractivity contribution is -0.387. The molecular formula is C12H7BrN2O4S. The maximum absolute atomic E-state index is 11.0. The summed E-state index contributed by atoms with van der Waals surface area (Å²) in [5.41, 5.74) is -0.381. The van der Waals surface area contributed by atoms with Crippen molar-refractivity contribution in [2.24, 2.45) is 0 Å². The molecule has 2 aromatic rings. The zero-order valence-electron chi connectivity index (χ0n) is 9.82. The minimum absolute atomic E-state index is 0.124. The number of carbonyl (C=O) groups is 1. The lowest BCUT2D eigenvalue weighted by Crippen LogP contribution is -1.99. The van der Waals surface area contributed by atoms with Gasteiger partial charge in [0.25, 0.3) is 5.69 Å². The third-order valence-corrected chi connectivity index (χ3v) is 4.32. The highest BCUT2D eigenvalue weighted by molar-refractivity contribution is 9.10. The molecule has 0 fully saturated rings. The Balaban J connectivity index is 2.44. The highest BCUT2D eigenvalue weighted by atomic mass is 79.9. The lowest BCUT2D eigenvalue weighted by atomic mass is 10.2. The first-order valence-corrected chi connectivity index (χ1v) is 6.90. The van der Waals surface area contributed by atoms with Gasteiger partial charge in [-0.3, -0.25) is 10.1 Å². The van der Waals surface area contributed by atoms with E-state index < -0.39 is 10.9 Å². The van der Waals surface area contributed by atoms with Gasteiger partial charge < -0.3 is 5.11 Å². The molecule has 1 aromatic carbocycles. The molecule has 0 atom stereocenters. The number of halogens is 1. The number of hydrogen-bond donors (Lipinski definition) is 1. The fourth-order valence-electron chi connectivity index (χ4n) is 1.43. The zero-order chi connectivity index (χ0) is 14.7. The van der Waals surface area contributed by atoms with Crippen molar-refractivity contribution in [2.45, 2.75) is 9.92 Å². The molecule has 0 aliphatic heterocycles. The second-order valence-corrected chi connectivity index (χ2v) is 5.52. The minimum atomic E-state index is -1.20. The molecular weight excluding hydrogens is 348 g/mol. The molecule has 2 rings (SSSR count). The van der Waals surface area contributed by atoms with E-state index in [0.717, 1.165) is 17.8 Å². The highest BCUT2D eigenvalue weighted by Crippen LogP contribution is 2.37. The van der Waals surface area contributed by atoms with E-state index in [0.29, 0.717) is 14.4 Å². The van der Waals surface area contributed by atoms with E-state index >= 15 is 0 Å². The third-order valence-electron chi connectivity index (χ3n) is 2.33. The van der Waals surface area contributed by atoms with Crippen LogP contribution < -0.4 is 0 Å². The lowest BCUT2D eigenvalue weighted by Gasteiger charge is -2.04. The van der Waals surface area contributed by atoms with Gasteiger partial charge in [0.1, 0.15) is 5.03 Å². The normalized spacial score (nSPS) is 10.2. The zero-order valence-corrected chi connectivity index (χ0v) is 12.2. The summed E-state index contributed by atoms with van der Waals surface area (Å²) in [5, 5.41) is 20.5. The van der Waals surface area contributed by atoms with Gasteiger partial charge in [-0.2, -0.15) is 0 Å². The molecule has 0 saturated heterocycles. The standard InChI is InChI=1S/C12H7BrN2O4S/c13-8-2-1-5-14-11(8)20-10-4-3-7(12(16)17)6-9(10)15(18)19/h1-6H,(H,16,17). The van der Waals surface area contributed by atoms with Gasteiger partial charge in [-0.15, -0.1) is 0 Å². The number of hydrogen-bond acceptors (Lipinski definition) is 5. The molecule has 102 valence electrons. The number of carboxylic acids is 1. The Morgan fingerprint density at radius 3 is 2.75 bits per heavy atom. The summed E-state index contributed by atoms with van der Waals surface area (Å²) in [6, 6.07) is 7.28. The van der Waals surface area contributed by atoms with Gasteiger partial charge in [0.05, 0.1) is 19.9 Å². The number of nitro groups is 1. The summed E-state index contributed by atoms with van der Waals surface area (Å²) >= 11 is 4.40. The number of nitro benzene ring substituents is 1. The van der Waals surface area contributed by atoms with Gasteiger partial charge in [-0.25, -0.2) is 9.78 Å². The van der Waals surface area contributed by atoms with Gasteiger partial charge in [-0.05, 0) is 40.2 Å². The number of aromatic carboxylic acids is 1. The summed E-state index contributed by atoms with van der Waals surface area (Å²) in [4.78, 5) is 25.7. The van der Waals surface area contributed by atoms with Gasteiger partial charge in [-0.1, -0.05) is 11.8 Å². The van der Waals surface area contributed by atoms with Crippen molar-refractivity contribution >= 4 is 39.3 Å². The van der Waals surface area contributed by atoms with Crippen molar-refractivity contribution < 1.29 is 14.8 Å². The summed E-state index contributed by atoms with van der Waals surface area (Å²) in [5.74, 6) is -1.20. The smallest absolute Gasteiger partial charge is 0.335 e. The van der Waals surface area contributed by atoms with Crippen LogP contribution in [0.1, 0.15) is 10.4 Å². The summed E-state index contributed by atoms with van der Waals surface area (Å²) in [6.07, 6.45) is 1.57. The Labute approximate surface area is 126 Å². The SMILES string of the molecule is O=C(O)c1ccc(Sc2ncccc2Br)c([N+](=O)[O-])c1. The molecule has 8 heteroatoms. The van der Waals surface area contributed by atoms with E-state index in [2.05, 4.69) is 20.9 Å². The molecule has 0 spiro atoms. The average Bonchev–Trinajstić information content (AvgIpc) is 2.41. The molecule has 0 aliphatic rings. The van der Waals surface area contributed by atoms with Crippen molar-refractivity contribution in [3.63, 3.8) is 0 Å². The quantitative estimate of drug-likeness (QED) is 0.665. The Morgan fingerprint density at radius 2 is 2.15 bits per heavy atom. The molecule has 0 amide bonds. The number of pyridine rings is 1. The first-order chi connectivity index (χ1) is 9.49. The molecule has 0 aliphatic carbocycles. The molecule has 1 N–H and O–H groups in total. The second-order valence-electron chi connectivity index (χ2n) is 3.64. The Bertz CT molecular complexity index is 693. The number of aromatic nitrogens is 1. The van der Waals surface area contributed by atoms with E-state index in [4.69, 9.17) is 5.11 Å². The van der Waals surface area contributed by atoms with Gasteiger partial charge in [0.15, 0.2) is 0 Å². The highest BCUT2D eigenvalue weighted by Gasteiger charge is 2.19. The molecule has 0 unspecified atom stereocenters. The summed E-state index contributed by atoms with van der Waals surface area (Å²) in [6.45, 7) is 0. The maximum atomic E-state index is 11.0. The average molecular weight is 355 g/mol. The number of benzene rings is 1. The van der Waals surface area contributed by atoms with Crippen LogP contribution in [0.5, 0.6) is 0 Å².